The van der Waals surface area contributed by atoms with Gasteiger partial charge >= 0.3 is 0 Å². The fourth-order valence-electron chi connectivity index (χ4n) is 3.24. The quantitative estimate of drug-likeness (QED) is 0.533. The van der Waals surface area contributed by atoms with Gasteiger partial charge in [-0.2, -0.15) is 0 Å². The highest BCUT2D eigenvalue weighted by atomic mass is 19.1. The molecule has 0 aliphatic carbocycles. The summed E-state index contributed by atoms with van der Waals surface area (Å²) in [5, 5.41) is 4.22. The molecule has 28 heavy (non-hydrogen) atoms. The predicted octanol–water partition coefficient (Wildman–Crippen LogP) is 3.83. The molecule has 4 rings (SSSR count). The van der Waals surface area contributed by atoms with E-state index in [1.807, 2.05) is 0 Å². The number of fused-ring (bicyclic) bond motifs is 1. The summed E-state index contributed by atoms with van der Waals surface area (Å²) in [5.41, 5.74) is 7.67. The van der Waals surface area contributed by atoms with Gasteiger partial charge in [0.15, 0.2) is 5.43 Å². The van der Waals surface area contributed by atoms with Crippen molar-refractivity contribution in [3.8, 4) is 16.9 Å². The molecular weight excluding hydrogens is 366 g/mol. The molecule has 3 aromatic heterocycles. The number of hydrogen-bond acceptors (Lipinski definition) is 5. The van der Waals surface area contributed by atoms with Gasteiger partial charge in [-0.15, -0.1) is 0 Å². The highest BCUT2D eigenvalue weighted by molar-refractivity contribution is 5.81. The van der Waals surface area contributed by atoms with E-state index in [9.17, 15) is 13.6 Å². The zero-order chi connectivity index (χ0) is 20.2. The molecule has 0 aliphatic heterocycles. The van der Waals surface area contributed by atoms with Crippen LogP contribution in [-0.2, 0) is 0 Å². The fraction of sp³-hybridized carbons (Fsp3) is 0.150. The van der Waals surface area contributed by atoms with Crippen LogP contribution in [-0.4, -0.2) is 14.7 Å². The molecule has 3 heterocycles. The lowest BCUT2D eigenvalue weighted by molar-refractivity contribution is 0.393. The second-order valence-corrected chi connectivity index (χ2v) is 6.60. The average molecular weight is 382 g/mol. The van der Waals surface area contributed by atoms with Crippen molar-refractivity contribution >= 4 is 16.7 Å². The summed E-state index contributed by atoms with van der Waals surface area (Å²) in [6, 6.07) is 5.20. The van der Waals surface area contributed by atoms with Gasteiger partial charge in [0.1, 0.15) is 23.0 Å². The highest BCUT2D eigenvalue weighted by Crippen LogP contribution is 2.28. The topological polar surface area (TPSA) is 86.9 Å². The van der Waals surface area contributed by atoms with Crippen molar-refractivity contribution in [2.75, 3.05) is 5.73 Å². The van der Waals surface area contributed by atoms with Crippen molar-refractivity contribution < 1.29 is 13.3 Å². The summed E-state index contributed by atoms with van der Waals surface area (Å²) in [6.45, 7) is 5.15. The molecule has 0 bridgehead atoms. The average Bonchev–Trinajstić information content (AvgIpc) is 2.99. The number of hydrogen-bond donors (Lipinski definition) is 1. The van der Waals surface area contributed by atoms with E-state index in [0.717, 1.165) is 0 Å². The van der Waals surface area contributed by atoms with Gasteiger partial charge in [0, 0.05) is 17.8 Å². The van der Waals surface area contributed by atoms with Crippen LogP contribution in [0.25, 0.3) is 28.0 Å². The molecule has 0 spiro atoms. The Morgan fingerprint density at radius 2 is 1.86 bits per heavy atom. The number of nitrogens with two attached hydrogens (primary N) is 1. The Labute approximate surface area is 158 Å². The van der Waals surface area contributed by atoms with Gasteiger partial charge in [-0.3, -0.25) is 9.36 Å². The van der Waals surface area contributed by atoms with Crippen LogP contribution in [0.2, 0.25) is 0 Å². The lowest BCUT2D eigenvalue weighted by Crippen LogP contribution is -2.14. The Morgan fingerprint density at radius 3 is 2.54 bits per heavy atom. The molecule has 0 amide bonds. The minimum absolute atomic E-state index is 0.00425. The minimum Gasteiger partial charge on any atom is -0.396 e. The van der Waals surface area contributed by atoms with Crippen LogP contribution in [0.4, 0.5) is 14.5 Å². The van der Waals surface area contributed by atoms with E-state index in [0.29, 0.717) is 39.7 Å². The van der Waals surface area contributed by atoms with Gasteiger partial charge in [-0.05, 0) is 39.0 Å². The van der Waals surface area contributed by atoms with Crippen LogP contribution in [0, 0.1) is 32.4 Å². The Balaban J connectivity index is 2.09. The maximum Gasteiger partial charge on any atom is 0.193 e. The molecule has 0 unspecified atom stereocenters. The minimum atomic E-state index is -0.854. The van der Waals surface area contributed by atoms with Crippen molar-refractivity contribution in [3.05, 3.63) is 69.3 Å². The largest absolute Gasteiger partial charge is 0.396 e. The molecule has 0 radical (unpaired) electrons. The van der Waals surface area contributed by atoms with Gasteiger partial charge in [0.25, 0.3) is 0 Å². The smallest absolute Gasteiger partial charge is 0.193 e. The third kappa shape index (κ3) is 2.65. The summed E-state index contributed by atoms with van der Waals surface area (Å²) in [7, 11) is 0. The number of rotatable bonds is 2. The Morgan fingerprint density at radius 1 is 1.11 bits per heavy atom. The van der Waals surface area contributed by atoms with E-state index in [1.165, 1.54) is 16.8 Å². The molecule has 0 fully saturated rings. The molecule has 142 valence electrons. The number of benzene rings is 1. The molecular formula is C20H16F2N4O2. The number of aromatic nitrogens is 3. The monoisotopic (exact) mass is 382 g/mol. The zero-order valence-corrected chi connectivity index (χ0v) is 15.4. The van der Waals surface area contributed by atoms with Crippen LogP contribution >= 0.6 is 0 Å². The summed E-state index contributed by atoms with van der Waals surface area (Å²) in [5.74, 6) is -1.10. The lowest BCUT2D eigenvalue weighted by Gasteiger charge is -2.14. The first-order valence-corrected chi connectivity index (χ1v) is 8.49. The van der Waals surface area contributed by atoms with Gasteiger partial charge < -0.3 is 10.3 Å². The van der Waals surface area contributed by atoms with E-state index in [1.54, 1.807) is 32.9 Å². The van der Waals surface area contributed by atoms with Crippen molar-refractivity contribution in [1.82, 2.24) is 14.7 Å². The van der Waals surface area contributed by atoms with Crippen molar-refractivity contribution in [2.24, 2.45) is 0 Å². The number of nitrogens with zero attached hydrogens (tertiary/aromatic N) is 3. The summed E-state index contributed by atoms with van der Waals surface area (Å²) < 4.78 is 34.7. The van der Waals surface area contributed by atoms with Crippen LogP contribution in [0.1, 0.15) is 17.0 Å². The number of anilines is 1. The van der Waals surface area contributed by atoms with E-state index in [-0.39, 0.29) is 22.5 Å². The maximum absolute atomic E-state index is 14.5. The third-order valence-corrected chi connectivity index (χ3v) is 4.64. The van der Waals surface area contributed by atoms with Crippen molar-refractivity contribution in [3.63, 3.8) is 0 Å². The standard InChI is InChI=1S/C20H16F2N4O2/c1-9-8-26(17-7-15(23)13(21)6-14(17)22)20-12(19(9)27)4-5-16(24-20)18-10(2)25-28-11(18)3/h4-8H,23H2,1-3H3. The van der Waals surface area contributed by atoms with Crippen LogP contribution < -0.4 is 11.2 Å². The first-order valence-electron chi connectivity index (χ1n) is 8.49. The highest BCUT2D eigenvalue weighted by Gasteiger charge is 2.18. The number of pyridine rings is 2. The summed E-state index contributed by atoms with van der Waals surface area (Å²) in [4.78, 5) is 17.2. The number of nitrogen functional groups attached to an aromatic ring is 1. The Kier molecular flexibility index (Phi) is 3.99. The van der Waals surface area contributed by atoms with Crippen LogP contribution in [0.3, 0.4) is 0 Å². The van der Waals surface area contributed by atoms with Crippen molar-refractivity contribution in [1.29, 1.82) is 0 Å². The SMILES string of the molecule is Cc1noc(C)c1-c1ccc2c(=O)c(C)cn(-c3cc(N)c(F)cc3F)c2n1. The second kappa shape index (κ2) is 6.26. The van der Waals surface area contributed by atoms with Gasteiger partial charge in [0.2, 0.25) is 0 Å². The molecule has 1 aromatic carbocycles. The molecule has 8 heteroatoms. The molecule has 6 nitrogen and oxygen atoms in total. The van der Waals surface area contributed by atoms with Crippen LogP contribution in [0.15, 0.2) is 39.8 Å². The zero-order valence-electron chi connectivity index (χ0n) is 15.4. The maximum atomic E-state index is 14.5. The van der Waals surface area contributed by atoms with Gasteiger partial charge in [-0.25, -0.2) is 13.8 Å². The molecule has 0 saturated carbocycles. The number of aryl methyl sites for hydroxylation is 3. The Bertz CT molecular complexity index is 1290. The van der Waals surface area contributed by atoms with Gasteiger partial charge in [-0.1, -0.05) is 5.16 Å². The summed E-state index contributed by atoms with van der Waals surface area (Å²) in [6.07, 6.45) is 1.46. The third-order valence-electron chi connectivity index (χ3n) is 4.64. The first-order chi connectivity index (χ1) is 13.3. The van der Waals surface area contributed by atoms with Crippen LogP contribution in [0.5, 0.6) is 0 Å². The normalized spacial score (nSPS) is 11.3. The summed E-state index contributed by atoms with van der Waals surface area (Å²) >= 11 is 0. The van der Waals surface area contributed by atoms with E-state index in [4.69, 9.17) is 10.3 Å². The lowest BCUT2D eigenvalue weighted by atomic mass is 10.1. The van der Waals surface area contributed by atoms with E-state index >= 15 is 0 Å². The molecule has 0 atom stereocenters. The molecule has 0 aliphatic rings. The second-order valence-electron chi connectivity index (χ2n) is 6.60. The predicted molar refractivity (Wildman–Crippen MR) is 101 cm³/mol. The number of halogens is 2. The molecule has 0 saturated heterocycles. The molecule has 4 aromatic rings. The van der Waals surface area contributed by atoms with E-state index in [2.05, 4.69) is 10.1 Å². The van der Waals surface area contributed by atoms with Gasteiger partial charge in [0.05, 0.1) is 33.7 Å². The van der Waals surface area contributed by atoms with E-state index < -0.39 is 11.6 Å². The molecule has 2 N–H and O–H groups in total. The fourth-order valence-corrected chi connectivity index (χ4v) is 3.24. The first kappa shape index (κ1) is 17.8. The Hall–Kier alpha value is -3.55. The van der Waals surface area contributed by atoms with Crippen molar-refractivity contribution in [2.45, 2.75) is 20.8 Å².